The van der Waals surface area contributed by atoms with Crippen molar-refractivity contribution in [3.63, 3.8) is 0 Å². The van der Waals surface area contributed by atoms with Crippen LogP contribution in [0.15, 0.2) is 0 Å². The number of methoxy groups -OCH3 is 1. The Morgan fingerprint density at radius 3 is 2.27 bits per heavy atom. The zero-order valence-electron chi connectivity index (χ0n) is 17.5. The maximum absolute atomic E-state index is 12.7. The maximum Gasteiger partial charge on any atom is 0.490 e. The molecule has 1 aliphatic carbocycles. The first-order valence-electron chi connectivity index (χ1n) is 10.7. The number of likely N-dealkylation sites (tertiary alicyclic amines) is 3. The Morgan fingerprint density at radius 2 is 1.73 bits per heavy atom. The highest BCUT2D eigenvalue weighted by Gasteiger charge is 2.52. The van der Waals surface area contributed by atoms with Crippen LogP contribution in [-0.2, 0) is 9.53 Å². The van der Waals surface area contributed by atoms with E-state index in [-0.39, 0.29) is 11.4 Å². The Bertz CT molecular complexity index is 623. The van der Waals surface area contributed by atoms with Gasteiger partial charge in [-0.25, -0.2) is 9.59 Å². The van der Waals surface area contributed by atoms with Gasteiger partial charge >= 0.3 is 18.2 Å². The second kappa shape index (κ2) is 9.30. The number of aliphatic carboxylic acids is 1. The van der Waals surface area contributed by atoms with Crippen LogP contribution in [0, 0.1) is 17.3 Å². The van der Waals surface area contributed by atoms with Gasteiger partial charge in [0.05, 0.1) is 6.61 Å². The molecule has 0 aromatic carbocycles. The molecule has 0 unspecified atom stereocenters. The SMILES string of the molecule is COC[C@H]1CN(CC2CC2)C[C@@]12CCN(C(=O)N1CCCC1)C2.O=C(O)C(F)(F)F. The lowest BCUT2D eigenvalue weighted by Gasteiger charge is -2.31. The third-order valence-electron chi connectivity index (χ3n) is 6.74. The van der Waals surface area contributed by atoms with E-state index >= 15 is 0 Å². The molecule has 3 saturated heterocycles. The van der Waals surface area contributed by atoms with E-state index in [0.717, 1.165) is 51.7 Å². The van der Waals surface area contributed by atoms with Gasteiger partial charge in [0.2, 0.25) is 0 Å². The van der Waals surface area contributed by atoms with Crippen LogP contribution < -0.4 is 0 Å². The van der Waals surface area contributed by atoms with Crippen LogP contribution in [0.1, 0.15) is 32.1 Å². The molecule has 4 aliphatic rings. The normalized spacial score (nSPS) is 29.4. The fourth-order valence-corrected chi connectivity index (χ4v) is 5.01. The molecule has 1 N–H and O–H groups in total. The largest absolute Gasteiger partial charge is 0.490 e. The summed E-state index contributed by atoms with van der Waals surface area (Å²) in [6.45, 7) is 8.23. The summed E-state index contributed by atoms with van der Waals surface area (Å²) in [4.78, 5) is 28.5. The molecule has 4 rings (SSSR count). The van der Waals surface area contributed by atoms with E-state index in [1.165, 1.54) is 38.8 Å². The molecule has 3 aliphatic heterocycles. The van der Waals surface area contributed by atoms with Gasteiger partial charge in [0, 0.05) is 64.3 Å². The molecule has 0 aromatic rings. The molecular formula is C20H32F3N3O4. The van der Waals surface area contributed by atoms with Crippen molar-refractivity contribution in [2.75, 3.05) is 59.5 Å². The van der Waals surface area contributed by atoms with E-state index in [4.69, 9.17) is 14.6 Å². The third kappa shape index (κ3) is 5.57. The highest BCUT2D eigenvalue weighted by atomic mass is 19.4. The Morgan fingerprint density at radius 1 is 1.10 bits per heavy atom. The molecule has 3 heterocycles. The topological polar surface area (TPSA) is 73.3 Å². The first kappa shape index (κ1) is 23.1. The molecular weight excluding hydrogens is 403 g/mol. The second-order valence-corrected chi connectivity index (χ2v) is 9.10. The summed E-state index contributed by atoms with van der Waals surface area (Å²) in [6.07, 6.45) is 1.25. The van der Waals surface area contributed by atoms with E-state index in [0.29, 0.717) is 5.92 Å². The number of hydrogen-bond donors (Lipinski definition) is 1. The number of carboxylic acids is 1. The summed E-state index contributed by atoms with van der Waals surface area (Å²) in [5, 5.41) is 7.12. The minimum absolute atomic E-state index is 0.278. The van der Waals surface area contributed by atoms with Gasteiger partial charge in [0.1, 0.15) is 0 Å². The number of halogens is 3. The number of amides is 2. The van der Waals surface area contributed by atoms with E-state index in [2.05, 4.69) is 14.7 Å². The van der Waals surface area contributed by atoms with Gasteiger partial charge in [-0.15, -0.1) is 0 Å². The van der Waals surface area contributed by atoms with Crippen molar-refractivity contribution in [3.05, 3.63) is 0 Å². The molecule has 172 valence electrons. The predicted octanol–water partition coefficient (Wildman–Crippen LogP) is 2.52. The van der Waals surface area contributed by atoms with Crippen molar-refractivity contribution in [1.82, 2.24) is 14.7 Å². The second-order valence-electron chi connectivity index (χ2n) is 9.10. The predicted molar refractivity (Wildman–Crippen MR) is 103 cm³/mol. The lowest BCUT2D eigenvalue weighted by molar-refractivity contribution is -0.192. The quantitative estimate of drug-likeness (QED) is 0.735. The van der Waals surface area contributed by atoms with Crippen molar-refractivity contribution >= 4 is 12.0 Å². The average Bonchev–Trinajstić information content (AvgIpc) is 3.10. The minimum atomic E-state index is -5.08. The lowest BCUT2D eigenvalue weighted by atomic mass is 9.78. The molecule has 0 aromatic heterocycles. The standard InChI is InChI=1S/C18H31N3O2.C2HF3O2/c1-23-12-16-11-19(10-15-4-5-15)13-18(16)6-9-21(14-18)17(22)20-7-2-3-8-20;3-2(4,5)1(6)7/h15-16H,2-14H2,1H3;(H,6,7)/t16-,18-;/m1./s1. The molecule has 4 fully saturated rings. The number of ether oxygens (including phenoxy) is 1. The number of carboxylic acid groups (broad SMARTS) is 1. The summed E-state index contributed by atoms with van der Waals surface area (Å²) < 4.78 is 37.3. The van der Waals surface area contributed by atoms with Crippen molar-refractivity contribution in [2.24, 2.45) is 17.3 Å². The molecule has 10 heteroatoms. The maximum atomic E-state index is 12.7. The minimum Gasteiger partial charge on any atom is -0.475 e. The molecule has 2 atom stereocenters. The number of carbonyl (C=O) groups is 2. The van der Waals surface area contributed by atoms with Crippen LogP contribution in [0.2, 0.25) is 0 Å². The smallest absolute Gasteiger partial charge is 0.475 e. The lowest BCUT2D eigenvalue weighted by Crippen LogP contribution is -2.43. The molecule has 1 saturated carbocycles. The van der Waals surface area contributed by atoms with Gasteiger partial charge in [-0.3, -0.25) is 0 Å². The van der Waals surface area contributed by atoms with E-state index in [9.17, 15) is 18.0 Å². The molecule has 0 bridgehead atoms. The highest BCUT2D eigenvalue weighted by Crippen LogP contribution is 2.45. The molecule has 1 spiro atoms. The van der Waals surface area contributed by atoms with Crippen molar-refractivity contribution in [2.45, 2.75) is 38.3 Å². The van der Waals surface area contributed by atoms with Crippen LogP contribution >= 0.6 is 0 Å². The molecule has 2 amide bonds. The Hall–Kier alpha value is -1.55. The monoisotopic (exact) mass is 435 g/mol. The molecule has 0 radical (unpaired) electrons. The van der Waals surface area contributed by atoms with Gasteiger partial charge in [-0.1, -0.05) is 0 Å². The Balaban J connectivity index is 0.000000318. The zero-order chi connectivity index (χ0) is 21.9. The van der Waals surface area contributed by atoms with E-state index in [1.54, 1.807) is 0 Å². The summed E-state index contributed by atoms with van der Waals surface area (Å²) in [6, 6.07) is 0.288. The number of rotatable bonds is 4. The van der Waals surface area contributed by atoms with Crippen molar-refractivity contribution in [3.8, 4) is 0 Å². The summed E-state index contributed by atoms with van der Waals surface area (Å²) in [5.41, 5.74) is 0.278. The fraction of sp³-hybridized carbons (Fsp3) is 0.900. The van der Waals surface area contributed by atoms with Crippen molar-refractivity contribution in [1.29, 1.82) is 0 Å². The van der Waals surface area contributed by atoms with Gasteiger partial charge in [-0.2, -0.15) is 13.2 Å². The Labute approximate surface area is 175 Å². The summed E-state index contributed by atoms with van der Waals surface area (Å²) in [7, 11) is 1.82. The first-order valence-corrected chi connectivity index (χ1v) is 10.7. The van der Waals surface area contributed by atoms with E-state index < -0.39 is 12.1 Å². The number of alkyl halides is 3. The van der Waals surface area contributed by atoms with Gasteiger partial charge < -0.3 is 24.5 Å². The molecule has 30 heavy (non-hydrogen) atoms. The average molecular weight is 435 g/mol. The van der Waals surface area contributed by atoms with Crippen LogP contribution in [0.4, 0.5) is 18.0 Å². The number of carbonyl (C=O) groups excluding carboxylic acids is 1. The van der Waals surface area contributed by atoms with Crippen LogP contribution in [0.5, 0.6) is 0 Å². The number of hydrogen-bond acceptors (Lipinski definition) is 4. The van der Waals surface area contributed by atoms with Gasteiger partial charge in [0.25, 0.3) is 0 Å². The van der Waals surface area contributed by atoms with Crippen molar-refractivity contribution < 1.29 is 32.6 Å². The summed E-state index contributed by atoms with van der Waals surface area (Å²) in [5.74, 6) is -1.23. The van der Waals surface area contributed by atoms with Crippen LogP contribution in [-0.4, -0.2) is 97.5 Å². The Kier molecular flexibility index (Phi) is 7.16. The number of nitrogens with zero attached hydrogens (tertiary/aromatic N) is 3. The fourth-order valence-electron chi connectivity index (χ4n) is 5.01. The summed E-state index contributed by atoms with van der Waals surface area (Å²) >= 11 is 0. The van der Waals surface area contributed by atoms with E-state index in [1.807, 2.05) is 7.11 Å². The zero-order valence-corrected chi connectivity index (χ0v) is 17.5. The third-order valence-corrected chi connectivity index (χ3v) is 6.74. The highest BCUT2D eigenvalue weighted by molar-refractivity contribution is 5.75. The molecule has 7 nitrogen and oxygen atoms in total. The van der Waals surface area contributed by atoms with Gasteiger partial charge in [-0.05, 0) is 38.0 Å². The van der Waals surface area contributed by atoms with Gasteiger partial charge in [0.15, 0.2) is 0 Å². The van der Waals surface area contributed by atoms with Crippen LogP contribution in [0.25, 0.3) is 0 Å². The van der Waals surface area contributed by atoms with Crippen LogP contribution in [0.3, 0.4) is 0 Å². The number of urea groups is 1. The first-order chi connectivity index (χ1) is 14.1.